The summed E-state index contributed by atoms with van der Waals surface area (Å²) < 4.78 is 1.67. The van der Waals surface area contributed by atoms with Crippen molar-refractivity contribution < 1.29 is 9.59 Å². The van der Waals surface area contributed by atoms with Gasteiger partial charge in [-0.05, 0) is 25.0 Å². The number of carbonyl (C=O) groups is 2. The fourth-order valence-corrected chi connectivity index (χ4v) is 4.06. The maximum absolute atomic E-state index is 13.1. The molecule has 3 heterocycles. The Balaban J connectivity index is 1.30. The second-order valence-electron chi connectivity index (χ2n) is 7.31. The molecule has 2 amide bonds. The summed E-state index contributed by atoms with van der Waals surface area (Å²) in [6, 6.07) is 9.81. The van der Waals surface area contributed by atoms with Crippen molar-refractivity contribution in [1.82, 2.24) is 24.6 Å². The minimum absolute atomic E-state index is 0.0821. The Bertz CT molecular complexity index is 786. The van der Waals surface area contributed by atoms with E-state index in [2.05, 4.69) is 15.0 Å². The van der Waals surface area contributed by atoms with Crippen LogP contribution in [0.4, 0.5) is 5.69 Å². The molecule has 0 N–H and O–H groups in total. The molecule has 148 valence electrons. The fraction of sp³-hybridized carbons (Fsp3) is 0.500. The van der Waals surface area contributed by atoms with Crippen molar-refractivity contribution in [2.75, 3.05) is 37.6 Å². The van der Waals surface area contributed by atoms with E-state index in [0.29, 0.717) is 26.1 Å². The van der Waals surface area contributed by atoms with Gasteiger partial charge in [0.2, 0.25) is 11.8 Å². The number of piperidine rings is 1. The number of benzene rings is 1. The van der Waals surface area contributed by atoms with Gasteiger partial charge in [-0.15, -0.1) is 0 Å². The van der Waals surface area contributed by atoms with Gasteiger partial charge in [0.05, 0.1) is 12.6 Å². The summed E-state index contributed by atoms with van der Waals surface area (Å²) in [4.78, 5) is 35.5. The lowest BCUT2D eigenvalue weighted by atomic mass is 10.0. The van der Waals surface area contributed by atoms with Crippen molar-refractivity contribution in [3.05, 3.63) is 43.0 Å². The molecule has 2 saturated heterocycles. The summed E-state index contributed by atoms with van der Waals surface area (Å²) in [6.45, 7) is 4.16. The summed E-state index contributed by atoms with van der Waals surface area (Å²) in [5, 5.41) is 4.03. The molecule has 8 nitrogen and oxygen atoms in total. The van der Waals surface area contributed by atoms with Crippen LogP contribution in [0, 0.1) is 0 Å². The molecule has 0 bridgehead atoms. The maximum atomic E-state index is 13.1. The quantitative estimate of drug-likeness (QED) is 0.772. The number of carbonyl (C=O) groups excluding carboxylic acids is 2. The van der Waals surface area contributed by atoms with Crippen LogP contribution in [0.25, 0.3) is 0 Å². The summed E-state index contributed by atoms with van der Waals surface area (Å²) in [5.41, 5.74) is 0.971. The number of aryl methyl sites for hydroxylation is 1. The molecule has 0 radical (unpaired) electrons. The predicted octanol–water partition coefficient (Wildman–Crippen LogP) is 1.01. The highest BCUT2D eigenvalue weighted by molar-refractivity contribution is 5.97. The van der Waals surface area contributed by atoms with Crippen LogP contribution in [0.15, 0.2) is 43.0 Å². The topological polar surface area (TPSA) is 74.6 Å². The molecule has 4 rings (SSSR count). The maximum Gasteiger partial charge on any atom is 0.244 e. The van der Waals surface area contributed by atoms with Crippen LogP contribution >= 0.6 is 0 Å². The van der Waals surface area contributed by atoms with E-state index in [1.165, 1.54) is 6.33 Å². The third-order valence-corrected chi connectivity index (χ3v) is 5.61. The van der Waals surface area contributed by atoms with Crippen molar-refractivity contribution in [1.29, 1.82) is 0 Å². The molecule has 2 aliphatic rings. The van der Waals surface area contributed by atoms with Crippen LogP contribution in [0.3, 0.4) is 0 Å². The van der Waals surface area contributed by atoms with Crippen molar-refractivity contribution >= 4 is 17.5 Å². The first-order valence-corrected chi connectivity index (χ1v) is 9.93. The van der Waals surface area contributed by atoms with E-state index < -0.39 is 0 Å². The van der Waals surface area contributed by atoms with E-state index in [0.717, 1.165) is 38.2 Å². The molecule has 0 unspecified atom stereocenters. The highest BCUT2D eigenvalue weighted by Gasteiger charge is 2.35. The lowest BCUT2D eigenvalue weighted by Crippen LogP contribution is -2.58. The number of hydrogen-bond donors (Lipinski definition) is 0. The van der Waals surface area contributed by atoms with Crippen molar-refractivity contribution in [2.45, 2.75) is 31.8 Å². The SMILES string of the molecule is O=C(CCn1cncn1)N1CCN([C@H]2CCCN(c3ccccc3)C2=O)CC1. The minimum Gasteiger partial charge on any atom is -0.340 e. The zero-order chi connectivity index (χ0) is 19.3. The summed E-state index contributed by atoms with van der Waals surface area (Å²) in [6.07, 6.45) is 5.42. The summed E-state index contributed by atoms with van der Waals surface area (Å²) >= 11 is 0. The molecule has 0 spiro atoms. The molecule has 2 aromatic rings. The molecule has 0 aliphatic carbocycles. The van der Waals surface area contributed by atoms with Gasteiger partial charge in [-0.2, -0.15) is 5.10 Å². The number of nitrogens with zero attached hydrogens (tertiary/aromatic N) is 6. The zero-order valence-electron chi connectivity index (χ0n) is 16.0. The van der Waals surface area contributed by atoms with Crippen LogP contribution < -0.4 is 4.90 Å². The molecule has 28 heavy (non-hydrogen) atoms. The van der Waals surface area contributed by atoms with E-state index in [9.17, 15) is 9.59 Å². The van der Waals surface area contributed by atoms with Crippen LogP contribution in [-0.2, 0) is 16.1 Å². The summed E-state index contributed by atoms with van der Waals surface area (Å²) in [5.74, 6) is 0.319. The number of para-hydroxylation sites is 1. The average molecular weight is 382 g/mol. The van der Waals surface area contributed by atoms with Crippen LogP contribution in [-0.4, -0.2) is 75.1 Å². The lowest BCUT2D eigenvalue weighted by Gasteiger charge is -2.42. The van der Waals surface area contributed by atoms with Crippen molar-refractivity contribution in [3.8, 4) is 0 Å². The molecule has 0 saturated carbocycles. The van der Waals surface area contributed by atoms with Gasteiger partial charge in [0.1, 0.15) is 12.7 Å². The zero-order valence-corrected chi connectivity index (χ0v) is 16.0. The summed E-state index contributed by atoms with van der Waals surface area (Å²) in [7, 11) is 0. The molecule has 2 aliphatic heterocycles. The van der Waals surface area contributed by atoms with E-state index >= 15 is 0 Å². The Morgan fingerprint density at radius 1 is 1.07 bits per heavy atom. The van der Waals surface area contributed by atoms with Gasteiger partial charge in [0, 0.05) is 44.8 Å². The van der Waals surface area contributed by atoms with Crippen molar-refractivity contribution in [3.63, 3.8) is 0 Å². The third-order valence-electron chi connectivity index (χ3n) is 5.61. The van der Waals surface area contributed by atoms with Gasteiger partial charge in [-0.25, -0.2) is 4.98 Å². The van der Waals surface area contributed by atoms with Gasteiger partial charge in [0.15, 0.2) is 0 Å². The third kappa shape index (κ3) is 4.06. The Morgan fingerprint density at radius 2 is 1.86 bits per heavy atom. The molecule has 1 atom stereocenters. The fourth-order valence-electron chi connectivity index (χ4n) is 4.06. The molecule has 1 aromatic heterocycles. The van der Waals surface area contributed by atoms with E-state index in [4.69, 9.17) is 0 Å². The largest absolute Gasteiger partial charge is 0.340 e. The Morgan fingerprint density at radius 3 is 2.57 bits per heavy atom. The number of aromatic nitrogens is 3. The van der Waals surface area contributed by atoms with Gasteiger partial charge in [-0.3, -0.25) is 19.2 Å². The number of piperazine rings is 1. The van der Waals surface area contributed by atoms with E-state index in [1.807, 2.05) is 40.1 Å². The lowest BCUT2D eigenvalue weighted by molar-refractivity contribution is -0.134. The smallest absolute Gasteiger partial charge is 0.244 e. The molecule has 1 aromatic carbocycles. The second kappa shape index (κ2) is 8.52. The van der Waals surface area contributed by atoms with Crippen LogP contribution in [0.1, 0.15) is 19.3 Å². The first-order valence-electron chi connectivity index (χ1n) is 9.93. The highest BCUT2D eigenvalue weighted by atomic mass is 16.2. The Kier molecular flexibility index (Phi) is 5.66. The monoisotopic (exact) mass is 382 g/mol. The molecular weight excluding hydrogens is 356 g/mol. The van der Waals surface area contributed by atoms with E-state index in [1.54, 1.807) is 11.0 Å². The minimum atomic E-state index is -0.0821. The Hall–Kier alpha value is -2.74. The number of amides is 2. The molecular formula is C20H26N6O2. The van der Waals surface area contributed by atoms with Crippen molar-refractivity contribution in [2.24, 2.45) is 0 Å². The van der Waals surface area contributed by atoms with Gasteiger partial charge in [-0.1, -0.05) is 18.2 Å². The standard InChI is InChI=1S/C20H26N6O2/c27-19(8-10-25-16-21-15-22-25)24-13-11-23(12-14-24)18-7-4-9-26(20(18)28)17-5-2-1-3-6-17/h1-3,5-6,15-16,18H,4,7-14H2/t18-/m0/s1. The number of hydrogen-bond acceptors (Lipinski definition) is 5. The normalized spacial score (nSPS) is 21.1. The first kappa shape index (κ1) is 18.6. The highest BCUT2D eigenvalue weighted by Crippen LogP contribution is 2.24. The number of rotatable bonds is 5. The Labute approximate surface area is 164 Å². The van der Waals surface area contributed by atoms with Crippen LogP contribution in [0.5, 0.6) is 0 Å². The van der Waals surface area contributed by atoms with Gasteiger partial charge >= 0.3 is 0 Å². The van der Waals surface area contributed by atoms with Gasteiger partial charge in [0.25, 0.3) is 0 Å². The van der Waals surface area contributed by atoms with E-state index in [-0.39, 0.29) is 17.9 Å². The first-order chi connectivity index (χ1) is 13.7. The van der Waals surface area contributed by atoms with Gasteiger partial charge < -0.3 is 9.80 Å². The predicted molar refractivity (Wildman–Crippen MR) is 105 cm³/mol. The molecule has 8 heteroatoms. The molecule has 2 fully saturated rings. The second-order valence-corrected chi connectivity index (χ2v) is 7.31. The number of anilines is 1. The average Bonchev–Trinajstić information content (AvgIpc) is 3.27. The van der Waals surface area contributed by atoms with Crippen LogP contribution in [0.2, 0.25) is 0 Å².